The van der Waals surface area contributed by atoms with Gasteiger partial charge in [-0.1, -0.05) is 6.07 Å². The molecule has 2 aromatic carbocycles. The van der Waals surface area contributed by atoms with Crippen molar-refractivity contribution in [1.29, 1.82) is 0 Å². The van der Waals surface area contributed by atoms with Gasteiger partial charge in [0.2, 0.25) is 5.69 Å². The standard InChI is InChI=1S/C19H23NO6S2/c1-12(27(21,22)23)9-10-20-13(2)19(3,4)18-16-7-6-15(28(24,25)26)11-14(16)5-8-17(18)20/h5-8,11-12H,9-10H2,1-4H3,(H-,21,22,23,24,25,26)/p+1. The van der Waals surface area contributed by atoms with Crippen molar-refractivity contribution in [3.8, 4) is 0 Å². The van der Waals surface area contributed by atoms with Gasteiger partial charge in [-0.05, 0) is 49.7 Å². The van der Waals surface area contributed by atoms with Crippen molar-refractivity contribution in [2.45, 2.75) is 49.7 Å². The Morgan fingerprint density at radius 3 is 2.29 bits per heavy atom. The van der Waals surface area contributed by atoms with Gasteiger partial charge in [0, 0.05) is 25.0 Å². The third-order valence-corrected chi connectivity index (χ3v) is 7.86. The second-order valence-corrected chi connectivity index (χ2v) is 11.1. The molecule has 1 unspecified atom stereocenters. The van der Waals surface area contributed by atoms with Crippen molar-refractivity contribution < 1.29 is 30.5 Å². The summed E-state index contributed by atoms with van der Waals surface area (Å²) in [5, 5.41) is 0.702. The Hall–Kier alpha value is -1.81. The summed E-state index contributed by atoms with van der Waals surface area (Å²) in [6, 6.07) is 8.18. The molecule has 1 aliphatic heterocycles. The average molecular weight is 427 g/mol. The smallest absolute Gasteiger partial charge is 0.285 e. The summed E-state index contributed by atoms with van der Waals surface area (Å²) in [6.07, 6.45) is 0.269. The lowest BCUT2D eigenvalue weighted by atomic mass is 9.80. The zero-order valence-corrected chi connectivity index (χ0v) is 17.8. The zero-order chi connectivity index (χ0) is 21.1. The molecule has 0 aromatic heterocycles. The summed E-state index contributed by atoms with van der Waals surface area (Å²) >= 11 is 0. The third-order valence-electron chi connectivity index (χ3n) is 5.76. The lowest BCUT2D eigenvalue weighted by Gasteiger charge is -2.17. The molecule has 7 nitrogen and oxygen atoms in total. The summed E-state index contributed by atoms with van der Waals surface area (Å²) in [6.45, 7) is 8.01. The molecule has 0 aliphatic carbocycles. The van der Waals surface area contributed by atoms with Crippen molar-refractivity contribution in [3.05, 3.63) is 35.9 Å². The van der Waals surface area contributed by atoms with E-state index in [9.17, 15) is 25.9 Å². The molecule has 9 heteroatoms. The minimum Gasteiger partial charge on any atom is -0.285 e. The van der Waals surface area contributed by atoms with E-state index in [0.717, 1.165) is 22.3 Å². The van der Waals surface area contributed by atoms with Gasteiger partial charge in [-0.25, -0.2) is 0 Å². The molecule has 0 fully saturated rings. The van der Waals surface area contributed by atoms with Crippen LogP contribution in [0.5, 0.6) is 0 Å². The van der Waals surface area contributed by atoms with Gasteiger partial charge >= 0.3 is 0 Å². The number of fused-ring (bicyclic) bond motifs is 3. The van der Waals surface area contributed by atoms with Crippen LogP contribution in [-0.4, -0.2) is 48.0 Å². The summed E-state index contributed by atoms with van der Waals surface area (Å²) in [5.41, 5.74) is 2.63. The van der Waals surface area contributed by atoms with Gasteiger partial charge in [0.15, 0.2) is 5.71 Å². The van der Waals surface area contributed by atoms with Gasteiger partial charge in [0.05, 0.1) is 15.6 Å². The Balaban J connectivity index is 2.12. The molecule has 0 spiro atoms. The van der Waals surface area contributed by atoms with Crippen LogP contribution in [0.2, 0.25) is 0 Å². The van der Waals surface area contributed by atoms with Gasteiger partial charge in [0.25, 0.3) is 20.2 Å². The average Bonchev–Trinajstić information content (AvgIpc) is 2.77. The molecule has 3 rings (SSSR count). The van der Waals surface area contributed by atoms with Crippen LogP contribution in [0.15, 0.2) is 35.2 Å². The highest BCUT2D eigenvalue weighted by molar-refractivity contribution is 7.86. The molecule has 0 amide bonds. The molecule has 1 atom stereocenters. The maximum absolute atomic E-state index is 11.4. The van der Waals surface area contributed by atoms with Gasteiger partial charge in [-0.3, -0.25) is 9.11 Å². The monoisotopic (exact) mass is 426 g/mol. The Kier molecular flexibility index (Phi) is 4.94. The fourth-order valence-electron chi connectivity index (χ4n) is 3.79. The molecular weight excluding hydrogens is 402 g/mol. The second kappa shape index (κ2) is 6.62. The highest BCUT2D eigenvalue weighted by atomic mass is 32.2. The highest BCUT2D eigenvalue weighted by Gasteiger charge is 2.44. The van der Waals surface area contributed by atoms with Crippen molar-refractivity contribution in [2.24, 2.45) is 0 Å². The van der Waals surface area contributed by atoms with Gasteiger partial charge in [0.1, 0.15) is 6.54 Å². The van der Waals surface area contributed by atoms with Crippen molar-refractivity contribution in [1.82, 2.24) is 0 Å². The Bertz CT molecular complexity index is 1210. The van der Waals surface area contributed by atoms with E-state index in [1.54, 1.807) is 12.1 Å². The first kappa shape index (κ1) is 20.9. The van der Waals surface area contributed by atoms with Crippen LogP contribution in [0.25, 0.3) is 10.8 Å². The molecule has 0 radical (unpaired) electrons. The number of nitrogens with zero attached hydrogens (tertiary/aromatic N) is 1. The molecule has 2 aromatic rings. The lowest BCUT2D eigenvalue weighted by Crippen LogP contribution is -2.28. The van der Waals surface area contributed by atoms with E-state index in [4.69, 9.17) is 0 Å². The molecule has 0 saturated carbocycles. The van der Waals surface area contributed by atoms with Crippen LogP contribution >= 0.6 is 0 Å². The molecule has 152 valence electrons. The maximum Gasteiger partial charge on any atom is 0.294 e. The van der Waals surface area contributed by atoms with Crippen LogP contribution in [0.1, 0.15) is 39.7 Å². The number of rotatable bonds is 5. The van der Waals surface area contributed by atoms with Gasteiger partial charge in [-0.15, -0.1) is 0 Å². The summed E-state index contributed by atoms with van der Waals surface area (Å²) in [4.78, 5) is -0.157. The highest BCUT2D eigenvalue weighted by Crippen LogP contribution is 2.44. The fraction of sp³-hybridized carbons (Fsp3) is 0.421. The first-order valence-electron chi connectivity index (χ1n) is 8.87. The van der Waals surface area contributed by atoms with Crippen molar-refractivity contribution >= 4 is 42.4 Å². The van der Waals surface area contributed by atoms with Crippen LogP contribution in [-0.2, 0) is 25.7 Å². The van der Waals surface area contributed by atoms with E-state index >= 15 is 0 Å². The minimum atomic E-state index is -4.29. The van der Waals surface area contributed by atoms with E-state index in [1.165, 1.54) is 19.1 Å². The third kappa shape index (κ3) is 3.47. The molecule has 2 N–H and O–H groups in total. The van der Waals surface area contributed by atoms with Crippen molar-refractivity contribution in [2.75, 3.05) is 6.54 Å². The first-order valence-corrected chi connectivity index (χ1v) is 11.8. The fourth-order valence-corrected chi connectivity index (χ4v) is 4.70. The van der Waals surface area contributed by atoms with Gasteiger partial charge in [-0.2, -0.15) is 21.4 Å². The molecule has 0 bridgehead atoms. The second-order valence-electron chi connectivity index (χ2n) is 7.79. The van der Waals surface area contributed by atoms with E-state index < -0.39 is 25.5 Å². The van der Waals surface area contributed by atoms with E-state index in [-0.39, 0.29) is 16.7 Å². The van der Waals surface area contributed by atoms with E-state index in [2.05, 4.69) is 13.8 Å². The molecule has 0 saturated heterocycles. The summed E-state index contributed by atoms with van der Waals surface area (Å²) in [5.74, 6) is 0. The molecular formula is C19H24NO6S2+. The Morgan fingerprint density at radius 2 is 1.71 bits per heavy atom. The quantitative estimate of drug-likeness (QED) is 0.561. The SMILES string of the molecule is CC1=[N+](CCC(C)S(=O)(=O)O)c2ccc3cc(S(=O)(=O)O)ccc3c2C1(C)C. The summed E-state index contributed by atoms with van der Waals surface area (Å²) < 4.78 is 66.2. The Morgan fingerprint density at radius 1 is 1.07 bits per heavy atom. The predicted octanol–water partition coefficient (Wildman–Crippen LogP) is 3.15. The van der Waals surface area contributed by atoms with Crippen LogP contribution in [0.3, 0.4) is 0 Å². The largest absolute Gasteiger partial charge is 0.294 e. The van der Waals surface area contributed by atoms with Gasteiger partial charge < -0.3 is 0 Å². The Labute approximate surface area is 165 Å². The van der Waals surface area contributed by atoms with E-state index in [0.29, 0.717) is 11.9 Å². The maximum atomic E-state index is 11.4. The first-order chi connectivity index (χ1) is 12.7. The summed E-state index contributed by atoms with van der Waals surface area (Å²) in [7, 11) is -8.38. The zero-order valence-electron chi connectivity index (χ0n) is 16.2. The van der Waals surface area contributed by atoms with Crippen molar-refractivity contribution in [3.63, 3.8) is 0 Å². The number of benzene rings is 2. The molecule has 28 heavy (non-hydrogen) atoms. The predicted molar refractivity (Wildman–Crippen MR) is 108 cm³/mol. The lowest BCUT2D eigenvalue weighted by molar-refractivity contribution is -0.439. The topological polar surface area (TPSA) is 112 Å². The number of hydrogen-bond acceptors (Lipinski definition) is 4. The van der Waals surface area contributed by atoms with Crippen LogP contribution in [0.4, 0.5) is 5.69 Å². The minimum absolute atomic E-state index is 0.157. The normalized spacial score (nSPS) is 17.8. The van der Waals surface area contributed by atoms with E-state index in [1.807, 2.05) is 17.6 Å². The molecule has 1 heterocycles. The number of hydrogen-bond donors (Lipinski definition) is 2. The van der Waals surface area contributed by atoms with Crippen LogP contribution in [0, 0.1) is 0 Å². The molecule has 1 aliphatic rings. The van der Waals surface area contributed by atoms with Crippen LogP contribution < -0.4 is 0 Å².